The number of benzene rings is 1. The van der Waals surface area contributed by atoms with E-state index in [1.54, 1.807) is 12.1 Å². The molecule has 0 amide bonds. The molecule has 1 aromatic carbocycles. The van der Waals surface area contributed by atoms with Gasteiger partial charge in [0.25, 0.3) is 0 Å². The third-order valence-corrected chi connectivity index (χ3v) is 2.93. The molecule has 0 aromatic heterocycles. The topological polar surface area (TPSA) is 23.8 Å². The van der Waals surface area contributed by atoms with E-state index < -0.39 is 20.0 Å². The van der Waals surface area contributed by atoms with E-state index in [0.717, 1.165) is 0 Å². The third kappa shape index (κ3) is 3.09. The monoisotopic (exact) mass is 251 g/mol. The van der Waals surface area contributed by atoms with Gasteiger partial charge in [-0.3, -0.25) is 0 Å². The van der Waals surface area contributed by atoms with Crippen molar-refractivity contribution in [1.82, 2.24) is 0 Å². The zero-order chi connectivity index (χ0) is 9.90. The average Bonchev–Trinajstić information content (AvgIpc) is 2.02. The van der Waals surface area contributed by atoms with Crippen molar-refractivity contribution < 1.29 is 13.2 Å². The van der Waals surface area contributed by atoms with Crippen LogP contribution in [-0.2, 0) is 0 Å². The van der Waals surface area contributed by atoms with Gasteiger partial charge in [-0.05, 0) is 0 Å². The van der Waals surface area contributed by atoms with Gasteiger partial charge in [0.05, 0.1) is 0 Å². The first kappa shape index (κ1) is 10.1. The summed E-state index contributed by atoms with van der Waals surface area (Å²) in [7, 11) is 0. The Kier molecular flexibility index (Phi) is 2.97. The molecular weight excluding hydrogens is 246 g/mol. The first-order valence-corrected chi connectivity index (χ1v) is 4.99. The van der Waals surface area contributed by atoms with Gasteiger partial charge in [-0.15, -0.1) is 0 Å². The van der Waals surface area contributed by atoms with E-state index in [9.17, 15) is 13.2 Å². The van der Waals surface area contributed by atoms with E-state index in [0.29, 0.717) is 0 Å². The van der Waals surface area contributed by atoms with Crippen molar-refractivity contribution in [1.29, 1.82) is 5.26 Å². The van der Waals surface area contributed by atoms with E-state index in [1.807, 2.05) is 0 Å². The van der Waals surface area contributed by atoms with Crippen LogP contribution in [0.1, 0.15) is 5.56 Å². The maximum absolute atomic E-state index is 12.0. The molecule has 0 bridgehead atoms. The summed E-state index contributed by atoms with van der Waals surface area (Å²) in [6.07, 6.45) is 0. The van der Waals surface area contributed by atoms with Crippen LogP contribution in [0.25, 0.3) is 0 Å². The van der Waals surface area contributed by atoms with Gasteiger partial charge in [0.1, 0.15) is 0 Å². The Bertz CT molecular complexity index is 340. The van der Waals surface area contributed by atoms with Crippen LogP contribution in [0.2, 0.25) is 0 Å². The number of nitriles is 1. The summed E-state index contributed by atoms with van der Waals surface area (Å²) < 4.78 is 36.0. The summed E-state index contributed by atoms with van der Waals surface area (Å²) in [6, 6.07) is 7.52. The molecule has 1 aromatic rings. The van der Waals surface area contributed by atoms with E-state index in [2.05, 4.69) is 0 Å². The maximum atomic E-state index is 12.0. The zero-order valence-corrected chi connectivity index (χ0v) is 8.01. The minimum atomic E-state index is -4.19. The second-order valence-corrected chi connectivity index (χ2v) is 4.48. The molecule has 5 heteroatoms. The van der Waals surface area contributed by atoms with Crippen molar-refractivity contribution >= 4 is 19.4 Å². The van der Waals surface area contributed by atoms with Crippen molar-refractivity contribution in [2.45, 2.75) is 5.07 Å². The summed E-state index contributed by atoms with van der Waals surface area (Å²) in [6.45, 7) is 0. The van der Waals surface area contributed by atoms with E-state index in [1.165, 1.54) is 18.2 Å². The molecule has 1 rings (SSSR count). The van der Waals surface area contributed by atoms with Crippen molar-refractivity contribution in [2.24, 2.45) is 0 Å². The van der Waals surface area contributed by atoms with Crippen LogP contribution in [0.3, 0.4) is 0 Å². The van der Waals surface area contributed by atoms with E-state index in [-0.39, 0.29) is 10.0 Å². The SMILES string of the molecule is N#Cc1ccccc1[Se]C(F)(F)F. The van der Waals surface area contributed by atoms with Gasteiger partial charge in [-0.2, -0.15) is 0 Å². The Morgan fingerprint density at radius 1 is 1.23 bits per heavy atom. The van der Waals surface area contributed by atoms with Crippen LogP contribution in [0.5, 0.6) is 0 Å². The minimum absolute atomic E-state index is 0.0880. The molecule has 0 spiro atoms. The van der Waals surface area contributed by atoms with Gasteiger partial charge >= 0.3 is 78.8 Å². The van der Waals surface area contributed by atoms with Crippen LogP contribution in [0.4, 0.5) is 13.2 Å². The van der Waals surface area contributed by atoms with Crippen LogP contribution < -0.4 is 4.46 Å². The molecule has 1 nitrogen and oxygen atoms in total. The fourth-order valence-corrected chi connectivity index (χ4v) is 2.07. The molecule has 0 radical (unpaired) electrons. The van der Waals surface area contributed by atoms with Gasteiger partial charge < -0.3 is 0 Å². The second-order valence-electron chi connectivity index (χ2n) is 2.16. The normalized spacial score (nSPS) is 10.9. The molecule has 0 fully saturated rings. The third-order valence-electron chi connectivity index (χ3n) is 1.23. The van der Waals surface area contributed by atoms with Crippen LogP contribution >= 0.6 is 0 Å². The molecule has 13 heavy (non-hydrogen) atoms. The summed E-state index contributed by atoms with van der Waals surface area (Å²) in [4.78, 5) is 0. The first-order chi connectivity index (χ1) is 6.03. The number of nitrogens with zero attached hydrogens (tertiary/aromatic N) is 1. The number of rotatable bonds is 1. The van der Waals surface area contributed by atoms with E-state index in [4.69, 9.17) is 5.26 Å². The standard InChI is InChI=1S/C8H4F3NSe/c9-8(10,11)13-7-4-2-1-3-6(7)5-12/h1-4H. The second kappa shape index (κ2) is 3.82. The molecular formula is C8H4F3NSe. The molecule has 68 valence electrons. The summed E-state index contributed by atoms with van der Waals surface area (Å²) in [5.74, 6) is 0. The Balaban J connectivity index is 2.96. The summed E-state index contributed by atoms with van der Waals surface area (Å²) in [5, 5.41) is 4.31. The van der Waals surface area contributed by atoms with Gasteiger partial charge in [0.15, 0.2) is 0 Å². The Morgan fingerprint density at radius 2 is 1.85 bits per heavy atom. The van der Waals surface area contributed by atoms with Gasteiger partial charge in [0, 0.05) is 0 Å². The molecule has 0 aliphatic heterocycles. The van der Waals surface area contributed by atoms with Crippen molar-refractivity contribution in [3.8, 4) is 6.07 Å². The molecule has 0 aliphatic rings. The van der Waals surface area contributed by atoms with Crippen molar-refractivity contribution in [3.05, 3.63) is 29.8 Å². The molecule has 0 unspecified atom stereocenters. The predicted octanol–water partition coefficient (Wildman–Crippen LogP) is 1.41. The van der Waals surface area contributed by atoms with Crippen molar-refractivity contribution in [2.75, 3.05) is 0 Å². The average molecular weight is 250 g/mol. The Morgan fingerprint density at radius 3 is 2.38 bits per heavy atom. The Hall–Kier alpha value is -0.981. The van der Waals surface area contributed by atoms with Crippen LogP contribution in [-0.4, -0.2) is 20.0 Å². The summed E-state index contributed by atoms with van der Waals surface area (Å²) >= 11 is -1.63. The number of alkyl halides is 3. The van der Waals surface area contributed by atoms with Crippen molar-refractivity contribution in [3.63, 3.8) is 0 Å². The fraction of sp³-hybridized carbons (Fsp3) is 0.125. The van der Waals surface area contributed by atoms with Gasteiger partial charge in [0.2, 0.25) is 0 Å². The number of hydrogen-bond acceptors (Lipinski definition) is 1. The zero-order valence-electron chi connectivity index (χ0n) is 6.30. The van der Waals surface area contributed by atoms with Gasteiger partial charge in [-0.25, -0.2) is 0 Å². The first-order valence-electron chi connectivity index (χ1n) is 3.28. The van der Waals surface area contributed by atoms with Crippen LogP contribution in [0.15, 0.2) is 24.3 Å². The molecule has 0 N–H and O–H groups in total. The molecule has 0 saturated heterocycles. The number of hydrogen-bond donors (Lipinski definition) is 0. The molecule has 0 atom stereocenters. The molecule has 0 saturated carbocycles. The fourth-order valence-electron chi connectivity index (χ4n) is 0.773. The van der Waals surface area contributed by atoms with E-state index >= 15 is 0 Å². The predicted molar refractivity (Wildman–Crippen MR) is 42.6 cm³/mol. The van der Waals surface area contributed by atoms with Crippen LogP contribution in [0, 0.1) is 11.3 Å². The quantitative estimate of drug-likeness (QED) is 0.691. The summed E-state index contributed by atoms with van der Waals surface area (Å²) in [5.41, 5.74) is 0.111. The Labute approximate surface area is 79.3 Å². The molecule has 0 heterocycles. The molecule has 0 aliphatic carbocycles. The number of halogens is 3. The van der Waals surface area contributed by atoms with Gasteiger partial charge in [-0.1, -0.05) is 0 Å².